The lowest BCUT2D eigenvalue weighted by atomic mass is 10.1. The summed E-state index contributed by atoms with van der Waals surface area (Å²) < 4.78 is 40.2. The minimum absolute atomic E-state index is 0.000684. The van der Waals surface area contributed by atoms with Gasteiger partial charge >= 0.3 is 0 Å². The second-order valence-corrected chi connectivity index (χ2v) is 9.88. The maximum atomic E-state index is 14.7. The number of aryl methyl sites for hydroxylation is 2. The predicted octanol–water partition coefficient (Wildman–Crippen LogP) is 3.17. The third-order valence-corrected chi connectivity index (χ3v) is 6.24. The number of rotatable bonds is 9. The van der Waals surface area contributed by atoms with Crippen LogP contribution in [0.1, 0.15) is 34.4 Å². The molecule has 0 atom stereocenters. The van der Waals surface area contributed by atoms with E-state index in [1.54, 1.807) is 26.8 Å². The summed E-state index contributed by atoms with van der Waals surface area (Å²) in [5.74, 6) is 1.78. The molecule has 0 aliphatic carbocycles. The van der Waals surface area contributed by atoms with Gasteiger partial charge in [0.05, 0.1) is 35.5 Å². The number of benzene rings is 1. The van der Waals surface area contributed by atoms with Crippen LogP contribution in [0.3, 0.4) is 0 Å². The first kappa shape index (κ1) is 27.3. The Balaban J connectivity index is 2.17. The number of pyridine rings is 1. The molecule has 0 aliphatic rings. The van der Waals surface area contributed by atoms with E-state index in [1.165, 1.54) is 25.4 Å². The number of sulfonamides is 1. The summed E-state index contributed by atoms with van der Waals surface area (Å²) in [5.41, 5.74) is 3.17. The molecule has 0 bridgehead atoms. The summed E-state index contributed by atoms with van der Waals surface area (Å²) in [6, 6.07) is 5.43. The number of terminal acetylenes is 1. The van der Waals surface area contributed by atoms with Crippen molar-refractivity contribution in [3.8, 4) is 12.3 Å². The van der Waals surface area contributed by atoms with E-state index in [0.717, 1.165) is 16.6 Å². The Hall–Kier alpha value is -4.28. The molecule has 0 saturated heterocycles. The van der Waals surface area contributed by atoms with Crippen LogP contribution in [0.2, 0.25) is 0 Å². The molecular weight excluding hydrogens is 501 g/mol. The van der Waals surface area contributed by atoms with Gasteiger partial charge in [-0.05, 0) is 32.9 Å². The fraction of sp³-hybridized carbons (Fsp3) is 0.250. The molecule has 1 amide bonds. The van der Waals surface area contributed by atoms with Gasteiger partial charge in [0.15, 0.2) is 0 Å². The molecule has 3 aromatic rings. The van der Waals surface area contributed by atoms with E-state index in [-0.39, 0.29) is 40.6 Å². The Kier molecular flexibility index (Phi) is 8.26. The van der Waals surface area contributed by atoms with Crippen LogP contribution in [0, 0.1) is 32.0 Å². The maximum absolute atomic E-state index is 14.7. The Morgan fingerprint density at radius 3 is 2.54 bits per heavy atom. The molecule has 11 nitrogen and oxygen atoms in total. The third kappa shape index (κ3) is 6.49. The number of nitrogens with one attached hydrogen (secondary N) is 3. The van der Waals surface area contributed by atoms with Gasteiger partial charge in [0.1, 0.15) is 28.8 Å². The van der Waals surface area contributed by atoms with Crippen LogP contribution >= 0.6 is 0 Å². The lowest BCUT2D eigenvalue weighted by molar-refractivity contribution is 0.0366. The van der Waals surface area contributed by atoms with Crippen molar-refractivity contribution in [3.05, 3.63) is 58.9 Å². The summed E-state index contributed by atoms with van der Waals surface area (Å²) in [6.45, 7) is 5.41. The number of hydrogen-bond donors (Lipinski definition) is 3. The maximum Gasteiger partial charge on any atom is 0.280 e. The quantitative estimate of drug-likeness (QED) is 0.283. The van der Waals surface area contributed by atoms with Crippen molar-refractivity contribution in [2.45, 2.75) is 20.8 Å². The average molecular weight is 528 g/mol. The number of halogens is 1. The third-order valence-electron chi connectivity index (χ3n) is 5.05. The molecule has 0 fully saturated rings. The van der Waals surface area contributed by atoms with E-state index < -0.39 is 21.7 Å². The first-order valence-electron chi connectivity index (χ1n) is 11.0. The molecule has 2 heterocycles. The lowest BCUT2D eigenvalue weighted by Crippen LogP contribution is -2.27. The van der Waals surface area contributed by atoms with Crippen molar-refractivity contribution in [1.29, 1.82) is 0 Å². The van der Waals surface area contributed by atoms with Crippen molar-refractivity contribution >= 4 is 44.6 Å². The fourth-order valence-corrected chi connectivity index (χ4v) is 3.85. The predicted molar refractivity (Wildman–Crippen MR) is 139 cm³/mol. The molecule has 194 valence electrons. The normalized spacial score (nSPS) is 10.9. The van der Waals surface area contributed by atoms with Crippen molar-refractivity contribution in [1.82, 2.24) is 20.4 Å². The minimum atomic E-state index is -3.74. The van der Waals surface area contributed by atoms with E-state index >= 15 is 0 Å². The highest BCUT2D eigenvalue weighted by Crippen LogP contribution is 2.35. The van der Waals surface area contributed by atoms with Crippen LogP contribution in [-0.4, -0.2) is 49.2 Å². The zero-order valence-corrected chi connectivity index (χ0v) is 21.7. The van der Waals surface area contributed by atoms with Crippen molar-refractivity contribution in [2.24, 2.45) is 0 Å². The largest absolute Gasteiger partial charge is 0.353 e. The highest BCUT2D eigenvalue weighted by molar-refractivity contribution is 7.92. The number of anilines is 5. The van der Waals surface area contributed by atoms with Gasteiger partial charge < -0.3 is 10.6 Å². The molecule has 0 saturated carbocycles. The molecule has 3 N–H and O–H groups in total. The van der Waals surface area contributed by atoms with Crippen LogP contribution in [0.4, 0.5) is 33.1 Å². The molecule has 0 aliphatic heterocycles. The van der Waals surface area contributed by atoms with Gasteiger partial charge in [-0.1, -0.05) is 5.92 Å². The Labute approximate surface area is 214 Å². The van der Waals surface area contributed by atoms with E-state index in [4.69, 9.17) is 11.3 Å². The van der Waals surface area contributed by atoms with Crippen molar-refractivity contribution in [2.75, 3.05) is 34.8 Å². The van der Waals surface area contributed by atoms with Crippen molar-refractivity contribution in [3.63, 3.8) is 0 Å². The van der Waals surface area contributed by atoms with E-state index in [9.17, 15) is 17.6 Å². The Morgan fingerprint density at radius 2 is 1.92 bits per heavy atom. The van der Waals surface area contributed by atoms with Crippen molar-refractivity contribution < 1.29 is 22.4 Å². The lowest BCUT2D eigenvalue weighted by Gasteiger charge is -2.23. The topological polar surface area (TPSA) is 138 Å². The fourth-order valence-electron chi connectivity index (χ4n) is 3.34. The number of aromatic nitrogens is 3. The van der Waals surface area contributed by atoms with E-state index in [2.05, 4.69) is 37.0 Å². The summed E-state index contributed by atoms with van der Waals surface area (Å²) in [5, 5.41) is 5.95. The van der Waals surface area contributed by atoms with Gasteiger partial charge in [-0.25, -0.2) is 33.2 Å². The highest BCUT2D eigenvalue weighted by atomic mass is 32.2. The molecule has 1 aromatic carbocycles. The van der Waals surface area contributed by atoms with E-state index in [0.29, 0.717) is 17.3 Å². The zero-order valence-electron chi connectivity index (χ0n) is 20.9. The zero-order chi connectivity index (χ0) is 27.3. The second-order valence-electron chi connectivity index (χ2n) is 7.86. The summed E-state index contributed by atoms with van der Waals surface area (Å²) >= 11 is 0. The van der Waals surface area contributed by atoms with Gasteiger partial charge in [-0.15, -0.1) is 6.42 Å². The summed E-state index contributed by atoms with van der Waals surface area (Å²) in [4.78, 5) is 31.0. The number of hydrogen-bond acceptors (Lipinski definition) is 9. The second kappa shape index (κ2) is 11.2. The smallest absolute Gasteiger partial charge is 0.280 e. The first-order chi connectivity index (χ1) is 17.4. The Morgan fingerprint density at radius 1 is 1.19 bits per heavy atom. The van der Waals surface area contributed by atoms with Gasteiger partial charge in [-0.2, -0.15) is 0 Å². The number of carbonyl (C=O) groups excluding carboxylic acids is 1. The van der Waals surface area contributed by atoms with Crippen LogP contribution in [0.25, 0.3) is 0 Å². The SMILES string of the molecule is C#Cc1cc(N(C)S(C)(=O)=O)c(Nc2ccnc(Nc3cc(C)nc(C)n3)c2C(=O)NOCC)cc1F. The summed E-state index contributed by atoms with van der Waals surface area (Å²) in [7, 11) is -2.44. The molecule has 0 radical (unpaired) electrons. The van der Waals surface area contributed by atoms with Gasteiger partial charge in [0.2, 0.25) is 10.0 Å². The van der Waals surface area contributed by atoms with Crippen LogP contribution < -0.4 is 20.4 Å². The average Bonchev–Trinajstić information content (AvgIpc) is 2.81. The molecule has 2 aromatic heterocycles. The number of carbonyl (C=O) groups is 1. The Bertz CT molecular complexity index is 1470. The van der Waals surface area contributed by atoms with Crippen LogP contribution in [0.15, 0.2) is 30.5 Å². The molecular formula is C24H26FN7O4S. The van der Waals surface area contributed by atoms with Gasteiger partial charge in [0.25, 0.3) is 5.91 Å². The standard InChI is InChI=1S/C24H26FN7O4S/c1-7-16-12-20(32(5)37(6,34)35)19(13-17(16)25)29-18-9-10-26-23(22(18)24(33)31-36-8-2)30-21-11-14(3)27-15(4)28-21/h1,9-13H,8H2,2-6H3,(H,31,33)(H2,26,27,28,29,30). The molecule has 0 unspecified atom stereocenters. The minimum Gasteiger partial charge on any atom is -0.353 e. The van der Waals surface area contributed by atoms with Crippen LogP contribution in [0.5, 0.6) is 0 Å². The number of nitrogens with zero attached hydrogens (tertiary/aromatic N) is 4. The molecule has 37 heavy (non-hydrogen) atoms. The molecule has 13 heteroatoms. The first-order valence-corrected chi connectivity index (χ1v) is 12.8. The number of hydroxylamine groups is 1. The van der Waals surface area contributed by atoms with Crippen LogP contribution in [-0.2, 0) is 14.9 Å². The summed E-state index contributed by atoms with van der Waals surface area (Å²) in [6.07, 6.45) is 7.79. The molecule has 0 spiro atoms. The molecule has 3 rings (SSSR count). The van der Waals surface area contributed by atoms with Gasteiger partial charge in [-0.3, -0.25) is 13.9 Å². The highest BCUT2D eigenvalue weighted by Gasteiger charge is 2.23. The monoisotopic (exact) mass is 527 g/mol. The number of amides is 1. The van der Waals surface area contributed by atoms with E-state index in [1.807, 2.05) is 0 Å². The van der Waals surface area contributed by atoms with Gasteiger partial charge in [0, 0.05) is 31.1 Å².